The Hall–Kier alpha value is -1.50. The molecule has 5 atom stereocenters. The van der Waals surface area contributed by atoms with Gasteiger partial charge in [-0.05, 0) is 23.5 Å². The summed E-state index contributed by atoms with van der Waals surface area (Å²) in [5.74, 6) is 2.94. The summed E-state index contributed by atoms with van der Waals surface area (Å²) >= 11 is 0. The average Bonchev–Trinajstić information content (AvgIpc) is 2.94. The van der Waals surface area contributed by atoms with Crippen LogP contribution in [0, 0.1) is 17.8 Å². The van der Waals surface area contributed by atoms with Gasteiger partial charge in [0.05, 0.1) is 0 Å². The van der Waals surface area contributed by atoms with Gasteiger partial charge in [-0.1, -0.05) is 55.8 Å². The lowest BCUT2D eigenvalue weighted by atomic mass is 9.81. The highest BCUT2D eigenvalue weighted by atomic mass is 15.2. The van der Waals surface area contributed by atoms with E-state index in [1.54, 1.807) is 5.56 Å². The minimum atomic E-state index is 0.661. The number of likely N-dealkylation sites (N-methyl/N-ethyl adjacent to an activating group) is 1. The summed E-state index contributed by atoms with van der Waals surface area (Å²) in [5, 5.41) is 0. The zero-order chi connectivity index (χ0) is 13.0. The van der Waals surface area contributed by atoms with Crippen LogP contribution >= 0.6 is 0 Å². The fraction of sp³-hybridized carbons (Fsp3) is 0.444. The quantitative estimate of drug-likeness (QED) is 0.729. The molecular formula is C18H21N. The van der Waals surface area contributed by atoms with Gasteiger partial charge >= 0.3 is 0 Å². The SMILES string of the molecule is CCC1C2C=CC=CC2C2C1c1ccccc1N2C. The molecule has 2 aliphatic carbocycles. The number of fused-ring (bicyclic) bond motifs is 5. The molecule has 1 fully saturated rings. The van der Waals surface area contributed by atoms with E-state index in [9.17, 15) is 0 Å². The molecule has 0 amide bonds. The van der Waals surface area contributed by atoms with Crippen molar-refractivity contribution < 1.29 is 0 Å². The Morgan fingerprint density at radius 2 is 1.79 bits per heavy atom. The third kappa shape index (κ3) is 1.36. The topological polar surface area (TPSA) is 3.24 Å². The Balaban J connectivity index is 1.86. The molecule has 1 aromatic rings. The molecule has 1 heterocycles. The Kier molecular flexibility index (Phi) is 2.38. The average molecular weight is 251 g/mol. The van der Waals surface area contributed by atoms with Crippen LogP contribution in [0.1, 0.15) is 24.8 Å². The number of benzene rings is 1. The van der Waals surface area contributed by atoms with Crippen LogP contribution in [0.4, 0.5) is 5.69 Å². The van der Waals surface area contributed by atoms with Crippen LogP contribution in [0.2, 0.25) is 0 Å². The minimum Gasteiger partial charge on any atom is -0.370 e. The Morgan fingerprint density at radius 1 is 1.05 bits per heavy atom. The maximum Gasteiger partial charge on any atom is 0.0427 e. The molecule has 98 valence electrons. The molecule has 0 N–H and O–H groups in total. The molecule has 5 unspecified atom stereocenters. The van der Waals surface area contributed by atoms with Crippen LogP contribution in [-0.2, 0) is 0 Å². The fourth-order valence-corrected chi connectivity index (χ4v) is 4.83. The highest BCUT2D eigenvalue weighted by Crippen LogP contribution is 2.58. The number of allylic oxidation sites excluding steroid dienone is 3. The lowest BCUT2D eigenvalue weighted by Gasteiger charge is -2.29. The number of anilines is 1. The van der Waals surface area contributed by atoms with Crippen molar-refractivity contribution >= 4 is 5.69 Å². The smallest absolute Gasteiger partial charge is 0.0427 e. The maximum atomic E-state index is 2.54. The maximum absolute atomic E-state index is 2.54. The van der Waals surface area contributed by atoms with E-state index in [-0.39, 0.29) is 0 Å². The second-order valence-corrected chi connectivity index (χ2v) is 6.18. The molecule has 1 aromatic carbocycles. The summed E-state index contributed by atoms with van der Waals surface area (Å²) in [5.41, 5.74) is 3.04. The van der Waals surface area contributed by atoms with Crippen LogP contribution in [0.15, 0.2) is 48.6 Å². The predicted molar refractivity (Wildman–Crippen MR) is 80.4 cm³/mol. The summed E-state index contributed by atoms with van der Waals surface area (Å²) in [6, 6.07) is 9.68. The molecule has 1 heteroatoms. The Morgan fingerprint density at radius 3 is 2.58 bits per heavy atom. The van der Waals surface area contributed by atoms with Gasteiger partial charge in [0.25, 0.3) is 0 Å². The molecule has 19 heavy (non-hydrogen) atoms. The van der Waals surface area contributed by atoms with Crippen LogP contribution in [-0.4, -0.2) is 13.1 Å². The van der Waals surface area contributed by atoms with Crippen LogP contribution in [0.5, 0.6) is 0 Å². The third-order valence-corrected chi connectivity index (χ3v) is 5.53. The minimum absolute atomic E-state index is 0.661. The van der Waals surface area contributed by atoms with E-state index in [0.717, 1.165) is 11.8 Å². The summed E-state index contributed by atoms with van der Waals surface area (Å²) in [4.78, 5) is 2.54. The van der Waals surface area contributed by atoms with Crippen molar-refractivity contribution in [1.82, 2.24) is 0 Å². The van der Waals surface area contributed by atoms with Crippen molar-refractivity contribution in [3.8, 4) is 0 Å². The Bertz CT molecular complexity index is 557. The zero-order valence-electron chi connectivity index (χ0n) is 11.7. The van der Waals surface area contributed by atoms with Crippen molar-refractivity contribution in [1.29, 1.82) is 0 Å². The largest absolute Gasteiger partial charge is 0.370 e. The molecule has 1 saturated carbocycles. The molecule has 0 radical (unpaired) electrons. The van der Waals surface area contributed by atoms with Crippen LogP contribution < -0.4 is 4.90 Å². The van der Waals surface area contributed by atoms with E-state index >= 15 is 0 Å². The number of hydrogen-bond acceptors (Lipinski definition) is 1. The first kappa shape index (κ1) is 11.3. The molecule has 0 bridgehead atoms. The van der Waals surface area contributed by atoms with Crippen molar-refractivity contribution in [2.75, 3.05) is 11.9 Å². The van der Waals surface area contributed by atoms with Crippen LogP contribution in [0.3, 0.4) is 0 Å². The zero-order valence-corrected chi connectivity index (χ0v) is 11.7. The van der Waals surface area contributed by atoms with Gasteiger partial charge in [-0.3, -0.25) is 0 Å². The first-order chi connectivity index (χ1) is 9.33. The number of para-hydroxylation sites is 1. The van der Waals surface area contributed by atoms with E-state index in [1.165, 1.54) is 12.1 Å². The molecular weight excluding hydrogens is 230 g/mol. The van der Waals surface area contributed by atoms with Crippen molar-refractivity contribution in [3.63, 3.8) is 0 Å². The van der Waals surface area contributed by atoms with Crippen LogP contribution in [0.25, 0.3) is 0 Å². The lowest BCUT2D eigenvalue weighted by molar-refractivity contribution is 0.384. The van der Waals surface area contributed by atoms with Gasteiger partial charge in [-0.2, -0.15) is 0 Å². The van der Waals surface area contributed by atoms with Gasteiger partial charge in [-0.25, -0.2) is 0 Å². The van der Waals surface area contributed by atoms with Gasteiger partial charge in [0.15, 0.2) is 0 Å². The molecule has 0 aromatic heterocycles. The monoisotopic (exact) mass is 251 g/mol. The van der Waals surface area contributed by atoms with Gasteiger partial charge in [-0.15, -0.1) is 0 Å². The number of hydrogen-bond donors (Lipinski definition) is 0. The normalized spacial score (nSPS) is 38.2. The first-order valence-corrected chi connectivity index (χ1v) is 7.49. The molecule has 0 saturated heterocycles. The van der Waals surface area contributed by atoms with Crippen molar-refractivity contribution in [2.24, 2.45) is 17.8 Å². The van der Waals surface area contributed by atoms with E-state index in [2.05, 4.69) is 67.4 Å². The van der Waals surface area contributed by atoms with Gasteiger partial charge in [0.2, 0.25) is 0 Å². The van der Waals surface area contributed by atoms with Crippen molar-refractivity contribution in [2.45, 2.75) is 25.3 Å². The lowest BCUT2D eigenvalue weighted by Crippen LogP contribution is -2.34. The summed E-state index contributed by atoms with van der Waals surface area (Å²) in [6.07, 6.45) is 10.7. The fourth-order valence-electron chi connectivity index (χ4n) is 4.83. The van der Waals surface area contributed by atoms with Gasteiger partial charge in [0.1, 0.15) is 0 Å². The standard InChI is InChI=1S/C18H21N/c1-3-12-13-8-4-5-9-14(13)18-17(12)15-10-6-7-11-16(15)19(18)2/h4-14,17-18H,3H2,1-2H3. The second-order valence-electron chi connectivity index (χ2n) is 6.18. The second kappa shape index (κ2) is 4.00. The molecule has 4 rings (SSSR count). The molecule has 0 spiro atoms. The molecule has 3 aliphatic rings. The summed E-state index contributed by atoms with van der Waals surface area (Å²) in [7, 11) is 2.28. The Labute approximate surface area is 115 Å². The molecule has 1 nitrogen and oxygen atoms in total. The van der Waals surface area contributed by atoms with Crippen molar-refractivity contribution in [3.05, 3.63) is 54.1 Å². The number of rotatable bonds is 1. The molecule has 1 aliphatic heterocycles. The van der Waals surface area contributed by atoms with E-state index in [0.29, 0.717) is 17.9 Å². The third-order valence-electron chi connectivity index (χ3n) is 5.53. The highest BCUT2D eigenvalue weighted by molar-refractivity contribution is 5.63. The van der Waals surface area contributed by atoms with E-state index in [1.807, 2.05) is 0 Å². The van der Waals surface area contributed by atoms with Gasteiger partial charge < -0.3 is 4.90 Å². The number of nitrogens with zero attached hydrogens (tertiary/aromatic N) is 1. The summed E-state index contributed by atoms with van der Waals surface area (Å²) in [6.45, 7) is 2.36. The first-order valence-electron chi connectivity index (χ1n) is 7.49. The van der Waals surface area contributed by atoms with E-state index < -0.39 is 0 Å². The van der Waals surface area contributed by atoms with E-state index in [4.69, 9.17) is 0 Å². The highest BCUT2D eigenvalue weighted by Gasteiger charge is 2.54. The predicted octanol–water partition coefficient (Wildman–Crippen LogP) is 3.99. The van der Waals surface area contributed by atoms with Gasteiger partial charge in [0, 0.05) is 30.6 Å². The summed E-state index contributed by atoms with van der Waals surface area (Å²) < 4.78 is 0.